The van der Waals surface area contributed by atoms with Gasteiger partial charge < -0.3 is 10.1 Å². The van der Waals surface area contributed by atoms with Crippen LogP contribution in [-0.4, -0.2) is 25.1 Å². The molecule has 0 heterocycles. The summed E-state index contributed by atoms with van der Waals surface area (Å²) in [5.41, 5.74) is 0.224. The second-order valence-electron chi connectivity index (χ2n) is 5.51. The van der Waals surface area contributed by atoms with Crippen molar-refractivity contribution in [3.05, 3.63) is 30.3 Å². The summed E-state index contributed by atoms with van der Waals surface area (Å²) < 4.78 is 5.65. The molecule has 1 unspecified atom stereocenters. The van der Waals surface area contributed by atoms with Gasteiger partial charge >= 0.3 is 0 Å². The van der Waals surface area contributed by atoms with Crippen LogP contribution in [0.2, 0.25) is 0 Å². The van der Waals surface area contributed by atoms with E-state index in [1.165, 1.54) is 0 Å². The van der Waals surface area contributed by atoms with E-state index in [-0.39, 0.29) is 5.41 Å². The lowest BCUT2D eigenvalue weighted by Crippen LogP contribution is -2.42. The van der Waals surface area contributed by atoms with Crippen LogP contribution < -0.4 is 10.1 Å². The van der Waals surface area contributed by atoms with Crippen molar-refractivity contribution in [2.75, 3.05) is 19.0 Å². The van der Waals surface area contributed by atoms with Gasteiger partial charge in [0.25, 0.3) is 0 Å². The molecular formula is C15H24ClNO. The lowest BCUT2D eigenvalue weighted by molar-refractivity contribution is 0.237. The maximum atomic E-state index is 5.84. The Morgan fingerprint density at radius 1 is 1.22 bits per heavy atom. The lowest BCUT2D eigenvalue weighted by Gasteiger charge is -2.31. The fourth-order valence-corrected chi connectivity index (χ4v) is 2.09. The molecule has 1 rings (SSSR count). The second-order valence-corrected chi connectivity index (χ2v) is 5.89. The van der Waals surface area contributed by atoms with E-state index in [0.29, 0.717) is 18.5 Å². The van der Waals surface area contributed by atoms with E-state index in [1.807, 2.05) is 30.3 Å². The largest absolute Gasteiger partial charge is 0.492 e. The SMILES string of the molecule is CC(C)(C)C(CCCl)NCCOc1ccccc1. The van der Waals surface area contributed by atoms with Gasteiger partial charge in [-0.05, 0) is 24.0 Å². The van der Waals surface area contributed by atoms with E-state index >= 15 is 0 Å². The number of rotatable bonds is 7. The maximum absolute atomic E-state index is 5.84. The topological polar surface area (TPSA) is 21.3 Å². The van der Waals surface area contributed by atoms with Crippen LogP contribution in [0.4, 0.5) is 0 Å². The molecule has 0 amide bonds. The molecule has 18 heavy (non-hydrogen) atoms. The van der Waals surface area contributed by atoms with Gasteiger partial charge in [0, 0.05) is 18.5 Å². The van der Waals surface area contributed by atoms with Crippen LogP contribution in [0.5, 0.6) is 5.75 Å². The number of halogens is 1. The highest BCUT2D eigenvalue weighted by atomic mass is 35.5. The first-order valence-corrected chi connectivity index (χ1v) is 7.04. The molecule has 0 aliphatic heterocycles. The van der Waals surface area contributed by atoms with Crippen molar-refractivity contribution < 1.29 is 4.74 Å². The van der Waals surface area contributed by atoms with E-state index in [9.17, 15) is 0 Å². The monoisotopic (exact) mass is 269 g/mol. The summed E-state index contributed by atoms with van der Waals surface area (Å²) in [5, 5.41) is 3.52. The van der Waals surface area contributed by atoms with Crippen molar-refractivity contribution in [1.82, 2.24) is 5.32 Å². The predicted molar refractivity (Wildman–Crippen MR) is 78.5 cm³/mol. The minimum absolute atomic E-state index is 0.224. The van der Waals surface area contributed by atoms with Gasteiger partial charge in [0.1, 0.15) is 12.4 Å². The van der Waals surface area contributed by atoms with Crippen LogP contribution >= 0.6 is 11.6 Å². The summed E-state index contributed by atoms with van der Waals surface area (Å²) in [7, 11) is 0. The van der Waals surface area contributed by atoms with Crippen LogP contribution in [0.15, 0.2) is 30.3 Å². The smallest absolute Gasteiger partial charge is 0.119 e. The number of hydrogen-bond acceptors (Lipinski definition) is 2. The van der Waals surface area contributed by atoms with Crippen LogP contribution in [-0.2, 0) is 0 Å². The Kier molecular flexibility index (Phi) is 6.51. The van der Waals surface area contributed by atoms with Crippen LogP contribution in [0.3, 0.4) is 0 Å². The van der Waals surface area contributed by atoms with Gasteiger partial charge in [-0.2, -0.15) is 0 Å². The molecule has 0 saturated carbocycles. The zero-order valence-electron chi connectivity index (χ0n) is 11.6. The molecule has 0 radical (unpaired) electrons. The average Bonchev–Trinajstić information content (AvgIpc) is 2.33. The Labute approximate surface area is 116 Å². The highest BCUT2D eigenvalue weighted by Crippen LogP contribution is 2.22. The normalized spacial score (nSPS) is 13.3. The lowest BCUT2D eigenvalue weighted by atomic mass is 9.85. The van der Waals surface area contributed by atoms with Crippen LogP contribution in [0.25, 0.3) is 0 Å². The molecule has 1 atom stereocenters. The highest BCUT2D eigenvalue weighted by Gasteiger charge is 2.23. The van der Waals surface area contributed by atoms with Crippen molar-refractivity contribution >= 4 is 11.6 Å². The van der Waals surface area contributed by atoms with Crippen molar-refractivity contribution in [3.63, 3.8) is 0 Å². The third-order valence-corrected chi connectivity index (χ3v) is 3.17. The van der Waals surface area contributed by atoms with Crippen molar-refractivity contribution in [1.29, 1.82) is 0 Å². The highest BCUT2D eigenvalue weighted by molar-refractivity contribution is 6.17. The Balaban J connectivity index is 2.27. The summed E-state index contributed by atoms with van der Waals surface area (Å²) in [5.74, 6) is 1.61. The molecule has 102 valence electrons. The number of alkyl halides is 1. The van der Waals surface area contributed by atoms with Gasteiger partial charge in [-0.15, -0.1) is 11.6 Å². The zero-order chi connectivity index (χ0) is 13.4. The molecule has 3 heteroatoms. The van der Waals surface area contributed by atoms with E-state index in [2.05, 4.69) is 26.1 Å². The molecule has 2 nitrogen and oxygen atoms in total. The second kappa shape index (κ2) is 7.65. The average molecular weight is 270 g/mol. The maximum Gasteiger partial charge on any atom is 0.119 e. The first kappa shape index (κ1) is 15.3. The van der Waals surface area contributed by atoms with Gasteiger partial charge in [-0.1, -0.05) is 39.0 Å². The Hall–Kier alpha value is -0.730. The molecular weight excluding hydrogens is 246 g/mol. The quantitative estimate of drug-likeness (QED) is 0.602. The number of nitrogens with one attached hydrogen (secondary N) is 1. The molecule has 0 saturated heterocycles. The first-order chi connectivity index (χ1) is 8.54. The standard InChI is InChI=1S/C15H24ClNO/c1-15(2,3)14(9-10-16)17-11-12-18-13-7-5-4-6-8-13/h4-8,14,17H,9-12H2,1-3H3. The summed E-state index contributed by atoms with van der Waals surface area (Å²) in [6.45, 7) is 8.21. The molecule has 0 aliphatic carbocycles. The number of ether oxygens (including phenoxy) is 1. The van der Waals surface area contributed by atoms with Gasteiger partial charge in [0.15, 0.2) is 0 Å². The fourth-order valence-electron chi connectivity index (χ4n) is 1.87. The minimum atomic E-state index is 0.224. The number of para-hydroxylation sites is 1. The summed E-state index contributed by atoms with van der Waals surface area (Å²) >= 11 is 5.84. The Morgan fingerprint density at radius 3 is 2.44 bits per heavy atom. The molecule has 0 bridgehead atoms. The molecule has 1 aromatic carbocycles. The predicted octanol–water partition coefficient (Wildman–Crippen LogP) is 3.70. The van der Waals surface area contributed by atoms with Crippen LogP contribution in [0, 0.1) is 5.41 Å². The summed E-state index contributed by atoms with van der Waals surface area (Å²) in [6.07, 6.45) is 0.983. The van der Waals surface area contributed by atoms with Crippen molar-refractivity contribution in [2.45, 2.75) is 33.2 Å². The number of hydrogen-bond donors (Lipinski definition) is 1. The molecule has 0 fully saturated rings. The van der Waals surface area contributed by atoms with E-state index in [1.54, 1.807) is 0 Å². The first-order valence-electron chi connectivity index (χ1n) is 6.51. The molecule has 1 aromatic rings. The van der Waals surface area contributed by atoms with Crippen molar-refractivity contribution in [2.24, 2.45) is 5.41 Å². The summed E-state index contributed by atoms with van der Waals surface area (Å²) in [4.78, 5) is 0. The van der Waals surface area contributed by atoms with E-state index in [0.717, 1.165) is 18.7 Å². The third-order valence-electron chi connectivity index (χ3n) is 2.95. The summed E-state index contributed by atoms with van der Waals surface area (Å²) in [6, 6.07) is 10.3. The van der Waals surface area contributed by atoms with Gasteiger partial charge in [-0.25, -0.2) is 0 Å². The number of benzene rings is 1. The van der Waals surface area contributed by atoms with Gasteiger partial charge in [0.2, 0.25) is 0 Å². The van der Waals surface area contributed by atoms with E-state index < -0.39 is 0 Å². The molecule has 0 aliphatic rings. The van der Waals surface area contributed by atoms with Crippen molar-refractivity contribution in [3.8, 4) is 5.75 Å². The molecule has 0 spiro atoms. The molecule has 1 N–H and O–H groups in total. The Morgan fingerprint density at radius 2 is 1.89 bits per heavy atom. The van der Waals surface area contributed by atoms with Crippen LogP contribution in [0.1, 0.15) is 27.2 Å². The zero-order valence-corrected chi connectivity index (χ0v) is 12.3. The fraction of sp³-hybridized carbons (Fsp3) is 0.600. The third kappa shape index (κ3) is 5.74. The van der Waals surface area contributed by atoms with E-state index in [4.69, 9.17) is 16.3 Å². The van der Waals surface area contributed by atoms with Gasteiger partial charge in [0.05, 0.1) is 0 Å². The van der Waals surface area contributed by atoms with Gasteiger partial charge in [-0.3, -0.25) is 0 Å². The molecule has 0 aromatic heterocycles. The minimum Gasteiger partial charge on any atom is -0.492 e. The Bertz CT molecular complexity index is 321.